The Morgan fingerprint density at radius 2 is 2.15 bits per heavy atom. The first-order valence-corrected chi connectivity index (χ1v) is 10.1. The third-order valence-electron chi connectivity index (χ3n) is 3.92. The minimum absolute atomic E-state index is 0.244. The van der Waals surface area contributed by atoms with Crippen molar-refractivity contribution in [1.29, 1.82) is 0 Å². The van der Waals surface area contributed by atoms with Gasteiger partial charge in [-0.05, 0) is 30.2 Å². The molecular weight excluding hydrogens is 406 g/mol. The smallest absolute Gasteiger partial charge is 0.311 e. The van der Waals surface area contributed by atoms with Gasteiger partial charge >= 0.3 is 5.69 Å². The van der Waals surface area contributed by atoms with Crippen molar-refractivity contribution in [3.05, 3.63) is 73.1 Å². The Morgan fingerprint density at radius 3 is 2.89 bits per heavy atom. The Labute approximate surface area is 166 Å². The quantitative estimate of drug-likeness (QED) is 0.405. The van der Waals surface area contributed by atoms with Gasteiger partial charge in [0.2, 0.25) is 0 Å². The van der Waals surface area contributed by atoms with Crippen molar-refractivity contribution >= 4 is 45.0 Å². The standard InChI is InChI=1S/C17H12ClN5O2S2/c1-9-4-11(18)3-2-10(9)7-26-17-22-14-13(27-8-21-14)15(24)23(17)12-5-19-16(25)20-6-12/h2-6,8H,7H2,1H3,(H,19,20,25). The van der Waals surface area contributed by atoms with E-state index in [2.05, 4.69) is 19.9 Å². The molecule has 136 valence electrons. The number of benzene rings is 1. The highest BCUT2D eigenvalue weighted by Crippen LogP contribution is 2.27. The summed E-state index contributed by atoms with van der Waals surface area (Å²) < 4.78 is 1.90. The van der Waals surface area contributed by atoms with Crippen LogP contribution in [0.5, 0.6) is 0 Å². The van der Waals surface area contributed by atoms with E-state index in [-0.39, 0.29) is 5.56 Å². The van der Waals surface area contributed by atoms with E-state index in [9.17, 15) is 9.59 Å². The normalized spacial score (nSPS) is 11.2. The van der Waals surface area contributed by atoms with Crippen LogP contribution >= 0.6 is 34.7 Å². The molecule has 1 aromatic carbocycles. The summed E-state index contributed by atoms with van der Waals surface area (Å²) >= 11 is 8.65. The molecule has 10 heteroatoms. The van der Waals surface area contributed by atoms with Gasteiger partial charge in [0, 0.05) is 17.0 Å². The number of aromatic nitrogens is 5. The highest BCUT2D eigenvalue weighted by molar-refractivity contribution is 7.98. The van der Waals surface area contributed by atoms with Crippen LogP contribution in [0.1, 0.15) is 11.1 Å². The lowest BCUT2D eigenvalue weighted by atomic mass is 10.1. The maximum Gasteiger partial charge on any atom is 0.345 e. The highest BCUT2D eigenvalue weighted by atomic mass is 35.5. The number of halogens is 1. The lowest BCUT2D eigenvalue weighted by Crippen LogP contribution is -2.22. The van der Waals surface area contributed by atoms with Crippen LogP contribution in [0.2, 0.25) is 5.02 Å². The number of hydrogen-bond acceptors (Lipinski definition) is 7. The van der Waals surface area contributed by atoms with Crippen molar-refractivity contribution < 1.29 is 0 Å². The predicted molar refractivity (Wildman–Crippen MR) is 107 cm³/mol. The molecule has 3 heterocycles. The number of nitrogens with one attached hydrogen (secondary N) is 1. The number of nitrogens with zero attached hydrogens (tertiary/aromatic N) is 4. The Bertz CT molecular complexity index is 1240. The molecule has 0 bridgehead atoms. The lowest BCUT2D eigenvalue weighted by molar-refractivity contribution is 0.804. The Balaban J connectivity index is 1.81. The van der Waals surface area contributed by atoms with Gasteiger partial charge in [-0.1, -0.05) is 29.4 Å². The summed E-state index contributed by atoms with van der Waals surface area (Å²) in [6.45, 7) is 1.98. The second kappa shape index (κ2) is 7.26. The van der Waals surface area contributed by atoms with Crippen molar-refractivity contribution in [2.45, 2.75) is 17.8 Å². The van der Waals surface area contributed by atoms with Crippen LogP contribution < -0.4 is 11.2 Å². The van der Waals surface area contributed by atoms with Crippen LogP contribution in [-0.4, -0.2) is 24.5 Å². The zero-order valence-electron chi connectivity index (χ0n) is 14.0. The molecule has 0 aliphatic rings. The number of aromatic amines is 1. The zero-order chi connectivity index (χ0) is 19.0. The molecule has 1 N–H and O–H groups in total. The fourth-order valence-electron chi connectivity index (χ4n) is 2.54. The topological polar surface area (TPSA) is 93.5 Å². The monoisotopic (exact) mass is 417 g/mol. The molecule has 27 heavy (non-hydrogen) atoms. The number of aryl methyl sites for hydroxylation is 1. The molecule has 0 amide bonds. The molecule has 0 unspecified atom stereocenters. The molecule has 0 aliphatic heterocycles. The van der Waals surface area contributed by atoms with Gasteiger partial charge in [-0.3, -0.25) is 9.36 Å². The fourth-order valence-corrected chi connectivity index (χ4v) is 4.50. The number of thiazole rings is 1. The summed E-state index contributed by atoms with van der Waals surface area (Å²) in [5.41, 5.74) is 3.86. The summed E-state index contributed by atoms with van der Waals surface area (Å²) in [7, 11) is 0. The van der Waals surface area contributed by atoms with E-state index in [1.807, 2.05) is 25.1 Å². The van der Waals surface area contributed by atoms with E-state index in [0.29, 0.717) is 32.0 Å². The number of thioether (sulfide) groups is 1. The largest absolute Gasteiger partial charge is 0.345 e. The number of hydrogen-bond donors (Lipinski definition) is 1. The van der Waals surface area contributed by atoms with Gasteiger partial charge in [0.05, 0.1) is 17.4 Å². The molecule has 4 rings (SSSR count). The Morgan fingerprint density at radius 1 is 1.30 bits per heavy atom. The van der Waals surface area contributed by atoms with E-state index in [1.54, 1.807) is 5.51 Å². The average Bonchev–Trinajstić information content (AvgIpc) is 3.11. The van der Waals surface area contributed by atoms with Crippen LogP contribution in [0.25, 0.3) is 16.0 Å². The first-order chi connectivity index (χ1) is 13.0. The third-order valence-corrected chi connectivity index (χ3v) is 5.94. The van der Waals surface area contributed by atoms with Crippen molar-refractivity contribution in [2.75, 3.05) is 0 Å². The van der Waals surface area contributed by atoms with Gasteiger partial charge in [-0.25, -0.2) is 14.8 Å². The molecule has 0 atom stereocenters. The van der Waals surface area contributed by atoms with Gasteiger partial charge in [0.15, 0.2) is 10.8 Å². The molecule has 4 aromatic rings. The Kier molecular flexibility index (Phi) is 4.81. The number of H-pyrrole nitrogens is 1. The first kappa shape index (κ1) is 17.9. The second-order valence-electron chi connectivity index (χ2n) is 5.68. The van der Waals surface area contributed by atoms with Crippen LogP contribution in [-0.2, 0) is 5.75 Å². The summed E-state index contributed by atoms with van der Waals surface area (Å²) in [6, 6.07) is 5.68. The predicted octanol–water partition coefficient (Wildman–Crippen LogP) is 3.18. The maximum absolute atomic E-state index is 13.0. The fraction of sp³-hybridized carbons (Fsp3) is 0.118. The van der Waals surface area contributed by atoms with Crippen molar-refractivity contribution in [3.8, 4) is 5.69 Å². The highest BCUT2D eigenvalue weighted by Gasteiger charge is 2.16. The molecule has 7 nitrogen and oxygen atoms in total. The summed E-state index contributed by atoms with van der Waals surface area (Å²) in [4.78, 5) is 39.1. The van der Waals surface area contributed by atoms with E-state index in [1.165, 1.54) is 40.1 Å². The molecular formula is C17H12ClN5O2S2. The van der Waals surface area contributed by atoms with Crippen molar-refractivity contribution in [2.24, 2.45) is 0 Å². The minimum atomic E-state index is -0.482. The van der Waals surface area contributed by atoms with Gasteiger partial charge in [0.1, 0.15) is 4.70 Å². The zero-order valence-corrected chi connectivity index (χ0v) is 16.4. The van der Waals surface area contributed by atoms with Crippen LogP contribution in [0.15, 0.2) is 50.8 Å². The van der Waals surface area contributed by atoms with Gasteiger partial charge < -0.3 is 4.98 Å². The van der Waals surface area contributed by atoms with Crippen LogP contribution in [0.4, 0.5) is 0 Å². The Hall–Kier alpha value is -2.49. The molecule has 0 fully saturated rings. The molecule has 0 spiro atoms. The van der Waals surface area contributed by atoms with Crippen molar-refractivity contribution in [3.63, 3.8) is 0 Å². The minimum Gasteiger partial charge on any atom is -0.311 e. The van der Waals surface area contributed by atoms with Gasteiger partial charge in [-0.2, -0.15) is 4.98 Å². The van der Waals surface area contributed by atoms with E-state index in [0.717, 1.165) is 11.1 Å². The number of rotatable bonds is 4. The van der Waals surface area contributed by atoms with Gasteiger partial charge in [0.25, 0.3) is 5.56 Å². The van der Waals surface area contributed by atoms with E-state index in [4.69, 9.17) is 11.6 Å². The summed E-state index contributed by atoms with van der Waals surface area (Å²) in [6.07, 6.45) is 2.80. The van der Waals surface area contributed by atoms with Gasteiger partial charge in [-0.15, -0.1) is 11.3 Å². The maximum atomic E-state index is 13.0. The lowest BCUT2D eigenvalue weighted by Gasteiger charge is -2.12. The second-order valence-corrected chi connectivity index (χ2v) is 7.91. The molecule has 3 aromatic heterocycles. The first-order valence-electron chi connectivity index (χ1n) is 7.82. The SMILES string of the molecule is Cc1cc(Cl)ccc1CSc1nc2ncsc2c(=O)n1-c1cnc(=O)[nH]c1. The molecule has 0 saturated heterocycles. The third kappa shape index (κ3) is 3.53. The van der Waals surface area contributed by atoms with Crippen LogP contribution in [0.3, 0.4) is 0 Å². The van der Waals surface area contributed by atoms with Crippen molar-refractivity contribution in [1.82, 2.24) is 24.5 Å². The van der Waals surface area contributed by atoms with Crippen LogP contribution in [0, 0.1) is 6.92 Å². The summed E-state index contributed by atoms with van der Waals surface area (Å²) in [5, 5.41) is 1.15. The van der Waals surface area contributed by atoms with E-state index < -0.39 is 5.69 Å². The average molecular weight is 418 g/mol. The molecule has 0 radical (unpaired) electrons. The van der Waals surface area contributed by atoms with E-state index >= 15 is 0 Å². The molecule has 0 aliphatic carbocycles. The molecule has 0 saturated carbocycles. The summed E-state index contributed by atoms with van der Waals surface area (Å²) in [5.74, 6) is 0.599. The number of fused-ring (bicyclic) bond motifs is 1.